The molecule has 0 atom stereocenters. The third-order valence-corrected chi connectivity index (χ3v) is 5.31. The number of aromatic hydroxyl groups is 1. The highest BCUT2D eigenvalue weighted by Crippen LogP contribution is 2.32. The molecule has 31 heavy (non-hydrogen) atoms. The molecule has 0 bridgehead atoms. The molecular formula is C24H19BrN2O4. The fourth-order valence-electron chi connectivity index (χ4n) is 3.25. The predicted octanol–water partition coefficient (Wildman–Crippen LogP) is 5.01. The minimum Gasteiger partial charge on any atom is -0.508 e. The number of carbonyl (C=O) groups is 1. The lowest BCUT2D eigenvalue weighted by Gasteiger charge is -2.18. The molecule has 0 aromatic heterocycles. The number of hydrogen-bond acceptors (Lipinski definition) is 5. The van der Waals surface area contributed by atoms with E-state index in [4.69, 9.17) is 9.47 Å². The van der Waals surface area contributed by atoms with Crippen LogP contribution in [-0.2, 0) is 4.79 Å². The van der Waals surface area contributed by atoms with Gasteiger partial charge in [-0.1, -0.05) is 34.1 Å². The molecule has 3 aromatic carbocycles. The maximum Gasteiger partial charge on any atom is 0.282 e. The van der Waals surface area contributed by atoms with Crippen molar-refractivity contribution in [2.45, 2.75) is 0 Å². The number of methoxy groups -OCH3 is 2. The molecule has 1 N–H and O–H groups in total. The van der Waals surface area contributed by atoms with Crippen LogP contribution in [0, 0.1) is 0 Å². The third-order valence-electron chi connectivity index (χ3n) is 4.78. The van der Waals surface area contributed by atoms with Crippen molar-refractivity contribution < 1.29 is 19.4 Å². The summed E-state index contributed by atoms with van der Waals surface area (Å²) in [6.45, 7) is 0. The molecule has 3 aromatic rings. The number of nitrogens with zero attached hydrogens (tertiary/aromatic N) is 2. The van der Waals surface area contributed by atoms with Gasteiger partial charge in [0, 0.05) is 10.0 Å². The molecule has 0 aliphatic carbocycles. The molecule has 7 heteroatoms. The van der Waals surface area contributed by atoms with Crippen molar-refractivity contribution in [2.24, 2.45) is 4.99 Å². The van der Waals surface area contributed by atoms with E-state index < -0.39 is 0 Å². The van der Waals surface area contributed by atoms with E-state index in [1.807, 2.05) is 30.3 Å². The number of amides is 1. The summed E-state index contributed by atoms with van der Waals surface area (Å²) in [4.78, 5) is 19.5. The van der Waals surface area contributed by atoms with E-state index >= 15 is 0 Å². The molecule has 0 saturated heterocycles. The van der Waals surface area contributed by atoms with Crippen molar-refractivity contribution >= 4 is 39.4 Å². The van der Waals surface area contributed by atoms with Gasteiger partial charge in [-0.05, 0) is 60.2 Å². The topological polar surface area (TPSA) is 71.4 Å². The number of hydrogen-bond donors (Lipinski definition) is 1. The van der Waals surface area contributed by atoms with Crippen LogP contribution >= 0.6 is 15.9 Å². The van der Waals surface area contributed by atoms with Crippen LogP contribution < -0.4 is 14.4 Å². The van der Waals surface area contributed by atoms with E-state index in [0.717, 1.165) is 15.6 Å². The molecule has 1 aliphatic rings. The molecule has 1 amide bonds. The van der Waals surface area contributed by atoms with Gasteiger partial charge in [0.15, 0.2) is 11.5 Å². The third kappa shape index (κ3) is 4.18. The van der Waals surface area contributed by atoms with Gasteiger partial charge >= 0.3 is 0 Å². The first kappa shape index (κ1) is 20.7. The second-order valence-electron chi connectivity index (χ2n) is 6.74. The Morgan fingerprint density at radius 3 is 2.26 bits per heavy atom. The van der Waals surface area contributed by atoms with Gasteiger partial charge in [0.25, 0.3) is 5.91 Å². The molecular weight excluding hydrogens is 460 g/mol. The van der Waals surface area contributed by atoms with Crippen molar-refractivity contribution in [2.75, 3.05) is 19.1 Å². The summed E-state index contributed by atoms with van der Waals surface area (Å²) in [7, 11) is 3.13. The normalized spacial score (nSPS) is 14.7. The number of carbonyl (C=O) groups excluding carboxylic acids is 1. The Hall–Kier alpha value is -3.58. The van der Waals surface area contributed by atoms with Crippen LogP contribution in [0.5, 0.6) is 17.2 Å². The highest BCUT2D eigenvalue weighted by atomic mass is 79.9. The van der Waals surface area contributed by atoms with Gasteiger partial charge in [0.05, 0.1) is 19.9 Å². The summed E-state index contributed by atoms with van der Waals surface area (Å²) < 4.78 is 11.6. The van der Waals surface area contributed by atoms with Crippen LogP contribution in [-0.4, -0.2) is 31.1 Å². The number of aliphatic imine (C=N–C) groups is 1. The number of amidine groups is 1. The summed E-state index contributed by atoms with van der Waals surface area (Å²) in [6.07, 6.45) is 1.71. The summed E-state index contributed by atoms with van der Waals surface area (Å²) in [5.41, 5.74) is 2.45. The Kier molecular flexibility index (Phi) is 5.77. The first-order valence-electron chi connectivity index (χ1n) is 9.42. The Balaban J connectivity index is 1.80. The first-order chi connectivity index (χ1) is 15.0. The Labute approximate surface area is 188 Å². The number of benzene rings is 3. The zero-order valence-corrected chi connectivity index (χ0v) is 18.5. The first-order valence-corrected chi connectivity index (χ1v) is 10.2. The number of rotatable bonds is 5. The van der Waals surface area contributed by atoms with Crippen LogP contribution in [0.25, 0.3) is 6.08 Å². The van der Waals surface area contributed by atoms with Crippen molar-refractivity contribution in [3.8, 4) is 17.2 Å². The molecule has 0 spiro atoms. The van der Waals surface area contributed by atoms with Gasteiger partial charge in [-0.15, -0.1) is 0 Å². The summed E-state index contributed by atoms with van der Waals surface area (Å²) >= 11 is 3.43. The van der Waals surface area contributed by atoms with E-state index in [-0.39, 0.29) is 11.7 Å². The minimum absolute atomic E-state index is 0.124. The molecule has 0 unspecified atom stereocenters. The smallest absolute Gasteiger partial charge is 0.282 e. The lowest BCUT2D eigenvalue weighted by Crippen LogP contribution is -2.32. The summed E-state index contributed by atoms with van der Waals surface area (Å²) in [6, 6.07) is 19.4. The number of phenols is 1. The van der Waals surface area contributed by atoms with E-state index in [2.05, 4.69) is 20.9 Å². The lowest BCUT2D eigenvalue weighted by atomic mass is 10.1. The van der Waals surface area contributed by atoms with E-state index in [9.17, 15) is 9.90 Å². The van der Waals surface area contributed by atoms with E-state index in [1.165, 1.54) is 17.0 Å². The monoisotopic (exact) mass is 478 g/mol. The number of ether oxygens (including phenoxy) is 2. The molecule has 156 valence electrons. The van der Waals surface area contributed by atoms with Gasteiger partial charge in [-0.2, -0.15) is 0 Å². The van der Waals surface area contributed by atoms with Crippen LogP contribution in [0.1, 0.15) is 11.1 Å². The van der Waals surface area contributed by atoms with Gasteiger partial charge < -0.3 is 14.6 Å². The highest BCUT2D eigenvalue weighted by molar-refractivity contribution is 9.10. The number of phenolic OH excluding ortho intramolecular Hbond substituents is 1. The van der Waals surface area contributed by atoms with Crippen molar-refractivity contribution in [1.82, 2.24) is 0 Å². The summed E-state index contributed by atoms with van der Waals surface area (Å²) in [5, 5.41) is 9.65. The zero-order chi connectivity index (χ0) is 22.0. The van der Waals surface area contributed by atoms with E-state index in [1.54, 1.807) is 44.6 Å². The summed E-state index contributed by atoms with van der Waals surface area (Å²) in [5.74, 6) is 1.54. The lowest BCUT2D eigenvalue weighted by molar-refractivity contribution is -0.113. The molecule has 0 fully saturated rings. The fraction of sp³-hybridized carbons (Fsp3) is 0.0833. The van der Waals surface area contributed by atoms with Crippen molar-refractivity contribution in [1.29, 1.82) is 0 Å². The van der Waals surface area contributed by atoms with Gasteiger partial charge in [0.1, 0.15) is 17.3 Å². The minimum atomic E-state index is -0.265. The van der Waals surface area contributed by atoms with Crippen LogP contribution in [0.2, 0.25) is 0 Å². The Morgan fingerprint density at radius 2 is 1.61 bits per heavy atom. The fourth-order valence-corrected chi connectivity index (χ4v) is 3.52. The average molecular weight is 479 g/mol. The van der Waals surface area contributed by atoms with Gasteiger partial charge in [-0.25, -0.2) is 4.99 Å². The molecule has 1 aliphatic heterocycles. The zero-order valence-electron chi connectivity index (χ0n) is 16.9. The standard InChI is InChI=1S/C24H19BrN2O4/c1-30-21-12-3-15(14-22(21)31-2)13-20-24(29)27(18-8-10-19(28)11-9-18)23(26-20)16-4-6-17(25)7-5-16/h3-14,28H,1-2H3/b20-13+. The highest BCUT2D eigenvalue weighted by Gasteiger charge is 2.32. The van der Waals surface area contributed by atoms with Crippen LogP contribution in [0.4, 0.5) is 5.69 Å². The SMILES string of the molecule is COc1ccc(/C=C2/N=C(c3ccc(Br)cc3)N(c3ccc(O)cc3)C2=O)cc1OC. The van der Waals surface area contributed by atoms with Gasteiger partial charge in [-0.3, -0.25) is 9.69 Å². The quantitative estimate of drug-likeness (QED) is 0.523. The molecule has 1 heterocycles. The number of anilines is 1. The average Bonchev–Trinajstić information content (AvgIpc) is 3.10. The predicted molar refractivity (Wildman–Crippen MR) is 124 cm³/mol. The van der Waals surface area contributed by atoms with E-state index in [0.29, 0.717) is 28.7 Å². The second-order valence-corrected chi connectivity index (χ2v) is 7.66. The number of halogens is 1. The largest absolute Gasteiger partial charge is 0.508 e. The van der Waals surface area contributed by atoms with Crippen molar-refractivity contribution in [3.63, 3.8) is 0 Å². The van der Waals surface area contributed by atoms with Gasteiger partial charge in [0.2, 0.25) is 0 Å². The Bertz CT molecular complexity index is 1190. The maximum absolute atomic E-state index is 13.3. The molecule has 6 nitrogen and oxygen atoms in total. The van der Waals surface area contributed by atoms with Crippen LogP contribution in [0.3, 0.4) is 0 Å². The Morgan fingerprint density at radius 1 is 0.935 bits per heavy atom. The molecule has 0 radical (unpaired) electrons. The molecule has 0 saturated carbocycles. The van der Waals surface area contributed by atoms with Crippen LogP contribution in [0.15, 0.2) is 81.9 Å². The second kappa shape index (κ2) is 8.65. The molecule has 4 rings (SSSR count). The maximum atomic E-state index is 13.3. The van der Waals surface area contributed by atoms with Crippen molar-refractivity contribution in [3.05, 3.63) is 88.0 Å².